The first kappa shape index (κ1) is 21.4. The molecule has 3 aromatic rings. The van der Waals surface area contributed by atoms with Gasteiger partial charge in [0.1, 0.15) is 12.2 Å². The quantitative estimate of drug-likeness (QED) is 0.612. The number of amides is 1. The van der Waals surface area contributed by atoms with Crippen LogP contribution in [-0.4, -0.2) is 51.6 Å². The van der Waals surface area contributed by atoms with Crippen molar-refractivity contribution >= 4 is 34.5 Å². The first-order valence-electron chi connectivity index (χ1n) is 11.6. The largest absolute Gasteiger partial charge is 0.465 e. The Morgan fingerprint density at radius 2 is 1.91 bits per heavy atom. The van der Waals surface area contributed by atoms with Crippen LogP contribution < -0.4 is 10.2 Å². The van der Waals surface area contributed by atoms with Crippen LogP contribution in [0.5, 0.6) is 0 Å². The Morgan fingerprint density at radius 3 is 2.73 bits per heavy atom. The molecule has 1 N–H and O–H groups in total. The fourth-order valence-electron chi connectivity index (χ4n) is 4.79. The van der Waals surface area contributed by atoms with Crippen LogP contribution in [0.3, 0.4) is 0 Å². The number of carbonyl (C=O) groups is 2. The van der Waals surface area contributed by atoms with Crippen LogP contribution in [0.4, 0.5) is 11.5 Å². The molecule has 1 saturated heterocycles. The van der Waals surface area contributed by atoms with Crippen molar-refractivity contribution in [3.63, 3.8) is 0 Å². The van der Waals surface area contributed by atoms with Crippen molar-refractivity contribution in [2.24, 2.45) is 5.92 Å². The van der Waals surface area contributed by atoms with Crippen molar-refractivity contribution in [3.05, 3.63) is 42.0 Å². The summed E-state index contributed by atoms with van der Waals surface area (Å²) in [6.45, 7) is 2.37. The summed E-state index contributed by atoms with van der Waals surface area (Å²) in [6.07, 6.45) is 7.81. The van der Waals surface area contributed by atoms with Crippen LogP contribution in [0.1, 0.15) is 48.3 Å². The number of hydrogen-bond acceptors (Lipinski definition) is 7. The van der Waals surface area contributed by atoms with Crippen LogP contribution in [-0.2, 0) is 22.5 Å². The van der Waals surface area contributed by atoms with Crippen molar-refractivity contribution in [3.8, 4) is 0 Å². The Morgan fingerprint density at radius 1 is 1.06 bits per heavy atom. The van der Waals surface area contributed by atoms with Gasteiger partial charge < -0.3 is 19.5 Å². The third kappa shape index (κ3) is 4.27. The number of methoxy groups -OCH3 is 1. The van der Waals surface area contributed by atoms with Crippen molar-refractivity contribution < 1.29 is 14.3 Å². The molecular formula is C24H28N6O3. The third-order valence-corrected chi connectivity index (χ3v) is 6.54. The number of anilines is 2. The van der Waals surface area contributed by atoms with Gasteiger partial charge in [-0.25, -0.2) is 19.7 Å². The van der Waals surface area contributed by atoms with Gasteiger partial charge in [-0.1, -0.05) is 6.42 Å². The van der Waals surface area contributed by atoms with E-state index in [9.17, 15) is 9.59 Å². The van der Waals surface area contributed by atoms with E-state index < -0.39 is 5.97 Å². The molecule has 2 aliphatic rings. The number of aromatic nitrogens is 4. The van der Waals surface area contributed by atoms with Gasteiger partial charge in [0.05, 0.1) is 18.6 Å². The molecule has 0 radical (unpaired) electrons. The van der Waals surface area contributed by atoms with Crippen molar-refractivity contribution in [2.75, 3.05) is 30.4 Å². The number of imidazole rings is 1. The van der Waals surface area contributed by atoms with Gasteiger partial charge in [0.15, 0.2) is 17.0 Å². The Labute approximate surface area is 192 Å². The van der Waals surface area contributed by atoms with Crippen LogP contribution in [0.25, 0.3) is 11.2 Å². The fraction of sp³-hybridized carbons (Fsp3) is 0.458. The van der Waals surface area contributed by atoms with Gasteiger partial charge >= 0.3 is 5.97 Å². The smallest absolute Gasteiger partial charge is 0.337 e. The number of ether oxygens (including phenoxy) is 1. The van der Waals surface area contributed by atoms with Crippen molar-refractivity contribution in [2.45, 2.75) is 45.1 Å². The second-order valence-corrected chi connectivity index (χ2v) is 8.70. The molecule has 2 aliphatic heterocycles. The van der Waals surface area contributed by atoms with Crippen LogP contribution in [0.2, 0.25) is 0 Å². The molecular weight excluding hydrogens is 420 g/mol. The highest BCUT2D eigenvalue weighted by atomic mass is 16.5. The third-order valence-electron chi connectivity index (χ3n) is 6.54. The number of aryl methyl sites for hydroxylation is 2. The monoisotopic (exact) mass is 448 g/mol. The molecule has 9 nitrogen and oxygen atoms in total. The molecule has 2 aromatic heterocycles. The minimum atomic E-state index is -0.399. The molecule has 1 fully saturated rings. The summed E-state index contributed by atoms with van der Waals surface area (Å²) in [5, 5.41) is 2.98. The van der Waals surface area contributed by atoms with Gasteiger partial charge in [-0.2, -0.15) is 0 Å². The minimum Gasteiger partial charge on any atom is -0.465 e. The van der Waals surface area contributed by atoms with E-state index in [4.69, 9.17) is 9.72 Å². The number of fused-ring (bicyclic) bond motifs is 3. The number of hydrogen-bond donors (Lipinski definition) is 1. The van der Waals surface area contributed by atoms with Crippen molar-refractivity contribution in [1.29, 1.82) is 0 Å². The van der Waals surface area contributed by atoms with E-state index in [2.05, 4.69) is 24.8 Å². The minimum absolute atomic E-state index is 0.0311. The molecule has 1 amide bonds. The van der Waals surface area contributed by atoms with Crippen LogP contribution >= 0.6 is 0 Å². The Hall–Kier alpha value is -3.49. The number of benzene rings is 1. The molecule has 33 heavy (non-hydrogen) atoms. The first-order chi connectivity index (χ1) is 16.1. The molecule has 1 aromatic carbocycles. The number of nitrogens with one attached hydrogen (secondary N) is 1. The fourth-order valence-corrected chi connectivity index (χ4v) is 4.79. The van der Waals surface area contributed by atoms with Gasteiger partial charge in [0.2, 0.25) is 5.91 Å². The lowest BCUT2D eigenvalue weighted by Crippen LogP contribution is -2.41. The van der Waals surface area contributed by atoms with Gasteiger partial charge in [-0.3, -0.25) is 4.79 Å². The average Bonchev–Trinajstić information content (AvgIpc) is 3.04. The molecule has 9 heteroatoms. The highest BCUT2D eigenvalue weighted by Gasteiger charge is 2.29. The molecule has 1 atom stereocenters. The summed E-state index contributed by atoms with van der Waals surface area (Å²) in [5.74, 6) is 1.32. The van der Waals surface area contributed by atoms with Gasteiger partial charge in [-0.15, -0.1) is 0 Å². The van der Waals surface area contributed by atoms with Crippen LogP contribution in [0.15, 0.2) is 30.6 Å². The second-order valence-electron chi connectivity index (χ2n) is 8.70. The zero-order valence-electron chi connectivity index (χ0n) is 18.8. The predicted octanol–water partition coefficient (Wildman–Crippen LogP) is 3.19. The number of nitrogens with zero attached hydrogens (tertiary/aromatic N) is 5. The summed E-state index contributed by atoms with van der Waals surface area (Å²) >= 11 is 0. The van der Waals surface area contributed by atoms with Gasteiger partial charge in [-0.05, 0) is 49.9 Å². The Kier molecular flexibility index (Phi) is 5.93. The maximum atomic E-state index is 13.0. The molecule has 5 rings (SSSR count). The SMILES string of the molecule is COC(=O)c1ccc(NC(=O)[C@H]2CCCN(c3ncnc4c3nc3n4CCCCC3)C2)cc1. The van der Waals surface area contributed by atoms with Crippen molar-refractivity contribution in [1.82, 2.24) is 19.5 Å². The molecule has 0 spiro atoms. The molecule has 0 saturated carbocycles. The highest BCUT2D eigenvalue weighted by molar-refractivity contribution is 5.95. The Balaban J connectivity index is 1.32. The van der Waals surface area contributed by atoms with E-state index in [0.29, 0.717) is 17.8 Å². The number of piperidine rings is 1. The standard InChI is InChI=1S/C24H28N6O3/c1-33-24(32)16-8-10-18(11-9-16)27-23(31)17-6-5-12-29(14-17)21-20-22(26-15-25-21)30-13-4-2-3-7-19(30)28-20/h8-11,15,17H,2-7,12-14H2,1H3,(H,27,31)/t17-/m0/s1. The highest BCUT2D eigenvalue weighted by Crippen LogP contribution is 2.29. The maximum Gasteiger partial charge on any atom is 0.337 e. The first-order valence-corrected chi connectivity index (χ1v) is 11.6. The zero-order chi connectivity index (χ0) is 22.8. The molecule has 0 aliphatic carbocycles. The molecule has 172 valence electrons. The normalized spacial score (nSPS) is 18.5. The van der Waals surface area contributed by atoms with E-state index in [1.807, 2.05) is 0 Å². The lowest BCUT2D eigenvalue weighted by atomic mass is 9.97. The van der Waals surface area contributed by atoms with E-state index >= 15 is 0 Å². The number of rotatable bonds is 4. The summed E-state index contributed by atoms with van der Waals surface area (Å²) in [5.41, 5.74) is 2.85. The maximum absolute atomic E-state index is 13.0. The topological polar surface area (TPSA) is 102 Å². The van der Waals surface area contributed by atoms with E-state index in [0.717, 1.165) is 68.0 Å². The Bertz CT molecular complexity index is 1170. The van der Waals surface area contributed by atoms with Gasteiger partial charge in [0.25, 0.3) is 0 Å². The molecule has 0 bridgehead atoms. The second kappa shape index (κ2) is 9.17. The van der Waals surface area contributed by atoms with E-state index in [-0.39, 0.29) is 11.8 Å². The van der Waals surface area contributed by atoms with E-state index in [1.54, 1.807) is 30.6 Å². The summed E-state index contributed by atoms with van der Waals surface area (Å²) in [6, 6.07) is 6.73. The lowest BCUT2D eigenvalue weighted by molar-refractivity contribution is -0.120. The summed E-state index contributed by atoms with van der Waals surface area (Å²) in [7, 11) is 1.35. The lowest BCUT2D eigenvalue weighted by Gasteiger charge is -2.32. The molecule has 0 unspecified atom stereocenters. The summed E-state index contributed by atoms with van der Waals surface area (Å²) in [4.78, 5) is 40.8. The average molecular weight is 449 g/mol. The van der Waals surface area contributed by atoms with Crippen LogP contribution in [0, 0.1) is 5.92 Å². The zero-order valence-corrected chi connectivity index (χ0v) is 18.8. The van der Waals surface area contributed by atoms with Gasteiger partial charge in [0, 0.05) is 31.7 Å². The predicted molar refractivity (Wildman–Crippen MR) is 124 cm³/mol. The number of carbonyl (C=O) groups excluding carboxylic acids is 2. The van der Waals surface area contributed by atoms with E-state index in [1.165, 1.54) is 13.5 Å². The summed E-state index contributed by atoms with van der Waals surface area (Å²) < 4.78 is 6.96. The number of esters is 1. The molecule has 4 heterocycles.